The molecule has 0 spiro atoms. The van der Waals surface area contributed by atoms with Gasteiger partial charge < -0.3 is 0 Å². The minimum Gasteiger partial charge on any atom is -0.289 e. The van der Waals surface area contributed by atoms with Crippen molar-refractivity contribution < 1.29 is 0 Å². The molecule has 1 aromatic carbocycles. The predicted octanol–water partition coefficient (Wildman–Crippen LogP) is 3.53. The number of nitrogens with zero attached hydrogens (tertiary/aromatic N) is 2. The van der Waals surface area contributed by atoms with Crippen molar-refractivity contribution in [1.82, 2.24) is 14.8 Å². The average Bonchev–Trinajstić information content (AvgIpc) is 2.89. The summed E-state index contributed by atoms with van der Waals surface area (Å²) in [6, 6.07) is 15.4. The number of rotatable bonds is 2. The lowest BCUT2D eigenvalue weighted by atomic mass is 9.86. The molecule has 112 valence electrons. The normalized spacial score (nSPS) is 11.6. The standard InChI is InChI=1S/C18H19N3O/c1-18(2,3)14-9-7-13(8-10-14)15-12-17(22)21(20-15)16-6-4-5-11-19-16/h4-12,20H,1-3H3. The smallest absolute Gasteiger partial charge is 0.273 e. The van der Waals surface area contributed by atoms with E-state index < -0.39 is 0 Å². The van der Waals surface area contributed by atoms with Gasteiger partial charge in [-0.05, 0) is 28.7 Å². The Bertz CT molecular complexity index is 821. The Kier molecular flexibility index (Phi) is 3.45. The summed E-state index contributed by atoms with van der Waals surface area (Å²) < 4.78 is 1.45. The Labute approximate surface area is 129 Å². The Morgan fingerprint density at radius 1 is 1.05 bits per heavy atom. The molecule has 0 fully saturated rings. The molecule has 0 aliphatic heterocycles. The van der Waals surface area contributed by atoms with Gasteiger partial charge in [0.2, 0.25) is 0 Å². The highest BCUT2D eigenvalue weighted by Gasteiger charge is 2.14. The van der Waals surface area contributed by atoms with Crippen LogP contribution in [0.5, 0.6) is 0 Å². The van der Waals surface area contributed by atoms with Gasteiger partial charge >= 0.3 is 0 Å². The van der Waals surface area contributed by atoms with E-state index in [4.69, 9.17) is 0 Å². The maximum Gasteiger partial charge on any atom is 0.273 e. The van der Waals surface area contributed by atoms with E-state index in [9.17, 15) is 4.79 Å². The molecule has 22 heavy (non-hydrogen) atoms. The zero-order valence-electron chi connectivity index (χ0n) is 13.0. The molecular weight excluding hydrogens is 274 g/mol. The second-order valence-corrected chi connectivity index (χ2v) is 6.36. The molecule has 0 aliphatic rings. The third-order valence-corrected chi connectivity index (χ3v) is 3.66. The summed E-state index contributed by atoms with van der Waals surface area (Å²) in [7, 11) is 0. The van der Waals surface area contributed by atoms with E-state index in [-0.39, 0.29) is 11.0 Å². The Morgan fingerprint density at radius 3 is 2.36 bits per heavy atom. The first-order valence-electron chi connectivity index (χ1n) is 7.29. The first-order valence-corrected chi connectivity index (χ1v) is 7.29. The number of aromatic amines is 1. The van der Waals surface area contributed by atoms with E-state index in [1.807, 2.05) is 24.3 Å². The monoisotopic (exact) mass is 293 g/mol. The van der Waals surface area contributed by atoms with Crippen LogP contribution in [0.4, 0.5) is 0 Å². The minimum absolute atomic E-state index is 0.117. The molecular formula is C18H19N3O. The zero-order valence-corrected chi connectivity index (χ0v) is 13.0. The van der Waals surface area contributed by atoms with Gasteiger partial charge in [-0.3, -0.25) is 9.89 Å². The van der Waals surface area contributed by atoms with Crippen LogP contribution in [0.1, 0.15) is 26.3 Å². The molecule has 0 amide bonds. The highest BCUT2D eigenvalue weighted by atomic mass is 16.1. The lowest BCUT2D eigenvalue weighted by Gasteiger charge is -2.18. The maximum atomic E-state index is 12.1. The second-order valence-electron chi connectivity index (χ2n) is 6.36. The molecule has 0 saturated carbocycles. The van der Waals surface area contributed by atoms with Crippen molar-refractivity contribution in [3.05, 3.63) is 70.6 Å². The van der Waals surface area contributed by atoms with Crippen LogP contribution in [-0.2, 0) is 5.41 Å². The van der Waals surface area contributed by atoms with Gasteiger partial charge in [0.1, 0.15) is 0 Å². The minimum atomic E-state index is -0.117. The molecule has 0 saturated heterocycles. The van der Waals surface area contributed by atoms with Crippen LogP contribution in [0.15, 0.2) is 59.5 Å². The van der Waals surface area contributed by atoms with Gasteiger partial charge in [0.05, 0.1) is 5.69 Å². The maximum absolute atomic E-state index is 12.1. The van der Waals surface area contributed by atoms with Crippen LogP contribution < -0.4 is 5.56 Å². The highest BCUT2D eigenvalue weighted by molar-refractivity contribution is 5.59. The van der Waals surface area contributed by atoms with Crippen LogP contribution in [0.2, 0.25) is 0 Å². The topological polar surface area (TPSA) is 50.7 Å². The summed E-state index contributed by atoms with van der Waals surface area (Å²) in [5, 5.41) is 3.11. The number of hydrogen-bond acceptors (Lipinski definition) is 2. The quantitative estimate of drug-likeness (QED) is 0.786. The third kappa shape index (κ3) is 2.72. The molecule has 0 aliphatic carbocycles. The number of aromatic nitrogens is 3. The van der Waals surface area contributed by atoms with Crippen molar-refractivity contribution in [2.45, 2.75) is 26.2 Å². The fourth-order valence-corrected chi connectivity index (χ4v) is 2.35. The van der Waals surface area contributed by atoms with Crippen molar-refractivity contribution in [2.75, 3.05) is 0 Å². The van der Waals surface area contributed by atoms with Crippen LogP contribution >= 0.6 is 0 Å². The van der Waals surface area contributed by atoms with Crippen LogP contribution in [0, 0.1) is 0 Å². The van der Waals surface area contributed by atoms with Gasteiger partial charge in [-0.1, -0.05) is 51.1 Å². The van der Waals surface area contributed by atoms with Gasteiger partial charge in [0.25, 0.3) is 5.56 Å². The zero-order chi connectivity index (χ0) is 15.7. The molecule has 4 heteroatoms. The Hall–Kier alpha value is -2.62. The predicted molar refractivity (Wildman–Crippen MR) is 88.3 cm³/mol. The molecule has 1 N–H and O–H groups in total. The fourth-order valence-electron chi connectivity index (χ4n) is 2.35. The number of H-pyrrole nitrogens is 1. The van der Waals surface area contributed by atoms with Gasteiger partial charge in [0, 0.05) is 12.3 Å². The SMILES string of the molecule is CC(C)(C)c1ccc(-c2cc(=O)n(-c3ccccn3)[nH]2)cc1. The first-order chi connectivity index (χ1) is 10.4. The number of hydrogen-bond donors (Lipinski definition) is 1. The number of nitrogens with one attached hydrogen (secondary N) is 1. The molecule has 2 aromatic heterocycles. The average molecular weight is 293 g/mol. The third-order valence-electron chi connectivity index (χ3n) is 3.66. The van der Waals surface area contributed by atoms with E-state index in [0.717, 1.165) is 11.3 Å². The second kappa shape index (κ2) is 5.30. The van der Waals surface area contributed by atoms with E-state index in [2.05, 4.69) is 43.0 Å². The molecule has 3 rings (SSSR count). The molecule has 0 radical (unpaired) electrons. The lowest BCUT2D eigenvalue weighted by Crippen LogP contribution is -2.14. The van der Waals surface area contributed by atoms with Gasteiger partial charge in [-0.2, -0.15) is 0 Å². The summed E-state index contributed by atoms with van der Waals surface area (Å²) in [6.45, 7) is 6.55. The van der Waals surface area contributed by atoms with E-state index in [0.29, 0.717) is 5.82 Å². The van der Waals surface area contributed by atoms with Crippen molar-refractivity contribution >= 4 is 0 Å². The molecule has 0 bridgehead atoms. The molecule has 3 aromatic rings. The highest BCUT2D eigenvalue weighted by Crippen LogP contribution is 2.25. The largest absolute Gasteiger partial charge is 0.289 e. The van der Waals surface area contributed by atoms with Crippen molar-refractivity contribution in [3.8, 4) is 17.1 Å². The van der Waals surface area contributed by atoms with E-state index in [1.54, 1.807) is 18.3 Å². The van der Waals surface area contributed by atoms with Crippen molar-refractivity contribution in [2.24, 2.45) is 0 Å². The van der Waals surface area contributed by atoms with Gasteiger partial charge in [-0.15, -0.1) is 0 Å². The van der Waals surface area contributed by atoms with E-state index >= 15 is 0 Å². The Morgan fingerprint density at radius 2 is 1.77 bits per heavy atom. The van der Waals surface area contributed by atoms with Crippen molar-refractivity contribution in [3.63, 3.8) is 0 Å². The molecule has 0 atom stereocenters. The van der Waals surface area contributed by atoms with Crippen LogP contribution in [0.3, 0.4) is 0 Å². The summed E-state index contributed by atoms with van der Waals surface area (Å²) >= 11 is 0. The Balaban J connectivity index is 1.99. The molecule has 2 heterocycles. The molecule has 0 unspecified atom stereocenters. The van der Waals surface area contributed by atoms with Crippen molar-refractivity contribution in [1.29, 1.82) is 0 Å². The molecule has 4 nitrogen and oxygen atoms in total. The number of benzene rings is 1. The summed E-state index contributed by atoms with van der Waals surface area (Å²) in [5.74, 6) is 0.588. The number of pyridine rings is 1. The summed E-state index contributed by atoms with van der Waals surface area (Å²) in [6.07, 6.45) is 1.67. The van der Waals surface area contributed by atoms with Crippen LogP contribution in [0.25, 0.3) is 17.1 Å². The summed E-state index contributed by atoms with van der Waals surface area (Å²) in [4.78, 5) is 16.3. The van der Waals surface area contributed by atoms with Crippen LogP contribution in [-0.4, -0.2) is 14.8 Å². The lowest BCUT2D eigenvalue weighted by molar-refractivity contribution is 0.590. The fraction of sp³-hybridized carbons (Fsp3) is 0.222. The van der Waals surface area contributed by atoms with Gasteiger partial charge in [0.15, 0.2) is 5.82 Å². The van der Waals surface area contributed by atoms with E-state index in [1.165, 1.54) is 10.2 Å². The first kappa shape index (κ1) is 14.3. The van der Waals surface area contributed by atoms with Gasteiger partial charge in [-0.25, -0.2) is 9.67 Å². The summed E-state index contributed by atoms with van der Waals surface area (Å²) in [5.41, 5.74) is 3.04.